The molecule has 3 atom stereocenters. The van der Waals surface area contributed by atoms with E-state index in [0.29, 0.717) is 0 Å². The van der Waals surface area contributed by atoms with Gasteiger partial charge >= 0.3 is 0 Å². The van der Waals surface area contributed by atoms with Crippen LogP contribution in [0.15, 0.2) is 41.3 Å². The SMILES string of the molecule is CSc1ccc(CN2CCN(C[C@H]3C[C@@H]4C=C[C@H]3C4)CC2)cc1. The molecule has 0 N–H and O–H groups in total. The summed E-state index contributed by atoms with van der Waals surface area (Å²) in [6, 6.07) is 9.08. The molecule has 2 bridgehead atoms. The highest BCUT2D eigenvalue weighted by molar-refractivity contribution is 7.98. The predicted molar refractivity (Wildman–Crippen MR) is 98.8 cm³/mol. The Morgan fingerprint density at radius 2 is 1.70 bits per heavy atom. The van der Waals surface area contributed by atoms with Crippen molar-refractivity contribution in [3.05, 3.63) is 42.0 Å². The summed E-state index contributed by atoms with van der Waals surface area (Å²) >= 11 is 1.82. The van der Waals surface area contributed by atoms with Crippen molar-refractivity contribution in [3.8, 4) is 0 Å². The quantitative estimate of drug-likeness (QED) is 0.600. The Bertz CT molecular complexity index is 545. The summed E-state index contributed by atoms with van der Waals surface area (Å²) in [5, 5.41) is 0. The summed E-state index contributed by atoms with van der Waals surface area (Å²) in [4.78, 5) is 6.69. The lowest BCUT2D eigenvalue weighted by atomic mass is 9.93. The third kappa shape index (κ3) is 3.67. The van der Waals surface area contributed by atoms with E-state index in [9.17, 15) is 0 Å². The van der Waals surface area contributed by atoms with Gasteiger partial charge in [0.05, 0.1) is 0 Å². The van der Waals surface area contributed by atoms with Gasteiger partial charge in [-0.3, -0.25) is 4.90 Å². The Kier molecular flexibility index (Phi) is 4.79. The molecule has 124 valence electrons. The second-order valence-corrected chi connectivity index (χ2v) is 8.34. The summed E-state index contributed by atoms with van der Waals surface area (Å²) < 4.78 is 0. The highest BCUT2D eigenvalue weighted by Crippen LogP contribution is 2.43. The Labute approximate surface area is 144 Å². The second-order valence-electron chi connectivity index (χ2n) is 7.47. The van der Waals surface area contributed by atoms with Gasteiger partial charge in [-0.25, -0.2) is 0 Å². The molecule has 2 nitrogen and oxygen atoms in total. The average Bonchev–Trinajstić information content (AvgIpc) is 3.20. The van der Waals surface area contributed by atoms with E-state index in [0.717, 1.165) is 24.3 Å². The number of allylic oxidation sites excluding steroid dienone is 2. The topological polar surface area (TPSA) is 6.48 Å². The Hall–Kier alpha value is -0.770. The number of thioether (sulfide) groups is 1. The molecule has 0 amide bonds. The van der Waals surface area contributed by atoms with Gasteiger partial charge in [0, 0.05) is 44.2 Å². The number of piperazine rings is 1. The Morgan fingerprint density at radius 3 is 2.30 bits per heavy atom. The third-order valence-electron chi connectivity index (χ3n) is 5.94. The number of rotatable bonds is 5. The van der Waals surface area contributed by atoms with Crippen LogP contribution in [0.5, 0.6) is 0 Å². The zero-order chi connectivity index (χ0) is 15.6. The first kappa shape index (κ1) is 15.7. The van der Waals surface area contributed by atoms with E-state index in [4.69, 9.17) is 0 Å². The number of fused-ring (bicyclic) bond motifs is 2. The zero-order valence-electron chi connectivity index (χ0n) is 14.2. The van der Waals surface area contributed by atoms with Gasteiger partial charge in [0.2, 0.25) is 0 Å². The summed E-state index contributed by atoms with van der Waals surface area (Å²) in [5.41, 5.74) is 1.45. The first-order valence-electron chi connectivity index (χ1n) is 9.06. The zero-order valence-corrected chi connectivity index (χ0v) is 15.0. The van der Waals surface area contributed by atoms with Gasteiger partial charge in [-0.05, 0) is 54.5 Å². The standard InChI is InChI=1S/C20H28N2S/c1-23-20-6-3-16(4-7-20)14-21-8-10-22(11-9-21)15-19-13-17-2-5-18(19)12-17/h2-7,17-19H,8-15H2,1H3/t17-,18+,19-/m1/s1. The van der Waals surface area contributed by atoms with Crippen molar-refractivity contribution in [2.75, 3.05) is 39.0 Å². The van der Waals surface area contributed by atoms with Gasteiger partial charge < -0.3 is 4.90 Å². The van der Waals surface area contributed by atoms with Gasteiger partial charge in [0.1, 0.15) is 0 Å². The maximum absolute atomic E-state index is 2.71. The molecule has 2 fully saturated rings. The highest BCUT2D eigenvalue weighted by Gasteiger charge is 2.36. The maximum atomic E-state index is 2.71. The van der Waals surface area contributed by atoms with Crippen LogP contribution in [0.3, 0.4) is 0 Å². The molecule has 23 heavy (non-hydrogen) atoms. The smallest absolute Gasteiger partial charge is 0.0234 e. The van der Waals surface area contributed by atoms with Crippen LogP contribution in [0.2, 0.25) is 0 Å². The van der Waals surface area contributed by atoms with E-state index in [1.54, 1.807) is 0 Å². The number of nitrogens with zero attached hydrogens (tertiary/aromatic N) is 2. The van der Waals surface area contributed by atoms with Crippen LogP contribution in [-0.4, -0.2) is 48.8 Å². The van der Waals surface area contributed by atoms with Crippen molar-refractivity contribution in [2.24, 2.45) is 17.8 Å². The lowest BCUT2D eigenvalue weighted by Crippen LogP contribution is -2.47. The van der Waals surface area contributed by atoms with Crippen LogP contribution >= 0.6 is 11.8 Å². The molecule has 1 saturated heterocycles. The minimum Gasteiger partial charge on any atom is -0.300 e. The predicted octanol–water partition coefficient (Wildman–Crippen LogP) is 3.74. The average molecular weight is 329 g/mol. The molecule has 2 aliphatic carbocycles. The van der Waals surface area contributed by atoms with Gasteiger partial charge in [-0.15, -0.1) is 11.8 Å². The van der Waals surface area contributed by atoms with Crippen molar-refractivity contribution in [3.63, 3.8) is 0 Å². The van der Waals surface area contributed by atoms with E-state index in [1.807, 2.05) is 11.8 Å². The fraction of sp³-hybridized carbons (Fsp3) is 0.600. The van der Waals surface area contributed by atoms with Gasteiger partial charge in [-0.1, -0.05) is 24.3 Å². The highest BCUT2D eigenvalue weighted by atomic mass is 32.2. The number of hydrogen-bond acceptors (Lipinski definition) is 3. The lowest BCUT2D eigenvalue weighted by molar-refractivity contribution is 0.108. The van der Waals surface area contributed by atoms with Crippen LogP contribution in [0, 0.1) is 17.8 Å². The van der Waals surface area contributed by atoms with E-state index >= 15 is 0 Å². The molecular weight excluding hydrogens is 300 g/mol. The van der Waals surface area contributed by atoms with Crippen LogP contribution < -0.4 is 0 Å². The fourth-order valence-electron chi connectivity index (χ4n) is 4.56. The van der Waals surface area contributed by atoms with Crippen LogP contribution in [0.1, 0.15) is 18.4 Å². The van der Waals surface area contributed by atoms with Crippen molar-refractivity contribution < 1.29 is 0 Å². The monoisotopic (exact) mass is 328 g/mol. The normalized spacial score (nSPS) is 31.1. The second kappa shape index (κ2) is 7.00. The molecule has 1 aromatic carbocycles. The van der Waals surface area contributed by atoms with Gasteiger partial charge in [0.15, 0.2) is 0 Å². The van der Waals surface area contributed by atoms with Gasteiger partial charge in [-0.2, -0.15) is 0 Å². The molecule has 0 spiro atoms. The maximum Gasteiger partial charge on any atom is 0.0234 e. The van der Waals surface area contributed by atoms with Crippen molar-refractivity contribution >= 4 is 11.8 Å². The summed E-state index contributed by atoms with van der Waals surface area (Å²) in [6.45, 7) is 7.39. The molecule has 0 radical (unpaired) electrons. The largest absolute Gasteiger partial charge is 0.300 e. The third-order valence-corrected chi connectivity index (χ3v) is 6.68. The molecule has 0 aromatic heterocycles. The van der Waals surface area contributed by atoms with Gasteiger partial charge in [0.25, 0.3) is 0 Å². The molecule has 4 rings (SSSR count). The summed E-state index contributed by atoms with van der Waals surface area (Å²) in [7, 11) is 0. The first-order valence-corrected chi connectivity index (χ1v) is 10.3. The van der Waals surface area contributed by atoms with E-state index < -0.39 is 0 Å². The van der Waals surface area contributed by atoms with Crippen LogP contribution in [-0.2, 0) is 6.54 Å². The van der Waals surface area contributed by atoms with Crippen LogP contribution in [0.4, 0.5) is 0 Å². The molecule has 3 heteroatoms. The Balaban J connectivity index is 1.23. The first-order chi connectivity index (χ1) is 11.3. The summed E-state index contributed by atoms with van der Waals surface area (Å²) in [5.74, 6) is 2.75. The van der Waals surface area contributed by atoms with Crippen LogP contribution in [0.25, 0.3) is 0 Å². The molecule has 0 unspecified atom stereocenters. The number of hydrogen-bond donors (Lipinski definition) is 0. The molecular formula is C20H28N2S. The molecule has 1 aromatic rings. The number of benzene rings is 1. The van der Waals surface area contributed by atoms with Crippen molar-refractivity contribution in [1.29, 1.82) is 0 Å². The summed E-state index contributed by atoms with van der Waals surface area (Å²) in [6.07, 6.45) is 9.98. The van der Waals surface area contributed by atoms with E-state index in [2.05, 4.69) is 52.5 Å². The fourth-order valence-corrected chi connectivity index (χ4v) is 4.96. The minimum atomic E-state index is 0.896. The van der Waals surface area contributed by atoms with Crippen molar-refractivity contribution in [2.45, 2.75) is 24.3 Å². The van der Waals surface area contributed by atoms with E-state index in [1.165, 1.54) is 56.0 Å². The minimum absolute atomic E-state index is 0.896. The molecule has 1 aliphatic heterocycles. The molecule has 1 saturated carbocycles. The lowest BCUT2D eigenvalue weighted by Gasteiger charge is -2.37. The molecule has 3 aliphatic rings. The molecule has 1 heterocycles. The Morgan fingerprint density at radius 1 is 0.957 bits per heavy atom. The van der Waals surface area contributed by atoms with E-state index in [-0.39, 0.29) is 0 Å². The van der Waals surface area contributed by atoms with Crippen molar-refractivity contribution in [1.82, 2.24) is 9.80 Å².